The highest BCUT2D eigenvalue weighted by molar-refractivity contribution is 6.00. The van der Waals surface area contributed by atoms with E-state index in [4.69, 9.17) is 10.2 Å². The molecule has 4 N–H and O–H groups in total. The average Bonchev–Trinajstić information content (AvgIpc) is 3.53. The van der Waals surface area contributed by atoms with E-state index in [0.717, 1.165) is 31.2 Å². The molecular formula is C33H48N4O4. The lowest BCUT2D eigenvalue weighted by Gasteiger charge is -2.29. The Morgan fingerprint density at radius 3 is 2.37 bits per heavy atom. The summed E-state index contributed by atoms with van der Waals surface area (Å²) in [6.45, 7) is 12.2. The number of nitrogens with two attached hydrogens (primary N) is 1. The molecule has 2 aromatic rings. The average molecular weight is 565 g/mol. The molecule has 0 radical (unpaired) electrons. The van der Waals surface area contributed by atoms with Crippen molar-refractivity contribution in [2.24, 2.45) is 17.6 Å². The number of carbonyl (C=O) groups is 3. The fourth-order valence-corrected chi connectivity index (χ4v) is 5.60. The molecule has 1 fully saturated rings. The van der Waals surface area contributed by atoms with Crippen LogP contribution in [0.25, 0.3) is 5.57 Å². The first-order valence-corrected chi connectivity index (χ1v) is 15.2. The summed E-state index contributed by atoms with van der Waals surface area (Å²) in [7, 11) is 0. The second-order valence-corrected chi connectivity index (χ2v) is 11.4. The van der Waals surface area contributed by atoms with Gasteiger partial charge in [0.05, 0.1) is 18.6 Å². The smallest absolute Gasteiger partial charge is 0.253 e. The molecular weight excluding hydrogens is 516 g/mol. The van der Waals surface area contributed by atoms with E-state index in [9.17, 15) is 14.4 Å². The van der Waals surface area contributed by atoms with Crippen LogP contribution >= 0.6 is 0 Å². The Hall–Kier alpha value is -3.39. The Kier molecular flexibility index (Phi) is 12.7. The van der Waals surface area contributed by atoms with Gasteiger partial charge in [0, 0.05) is 48.3 Å². The number of nitrogens with zero attached hydrogens (tertiary/aromatic N) is 1. The maximum atomic E-state index is 13.5. The normalized spacial score (nSPS) is 15.9. The molecule has 1 aromatic carbocycles. The van der Waals surface area contributed by atoms with Crippen molar-refractivity contribution < 1.29 is 18.8 Å². The molecule has 0 spiro atoms. The Labute approximate surface area is 245 Å². The van der Waals surface area contributed by atoms with Gasteiger partial charge in [0.15, 0.2) is 0 Å². The van der Waals surface area contributed by atoms with Crippen LogP contribution < -0.4 is 16.4 Å². The van der Waals surface area contributed by atoms with Gasteiger partial charge in [0.1, 0.15) is 0 Å². The maximum absolute atomic E-state index is 13.5. The minimum atomic E-state index is -0.648. The van der Waals surface area contributed by atoms with Crippen molar-refractivity contribution in [3.63, 3.8) is 0 Å². The molecule has 1 aliphatic carbocycles. The molecule has 8 heteroatoms. The van der Waals surface area contributed by atoms with E-state index in [-0.39, 0.29) is 23.6 Å². The molecule has 0 saturated heterocycles. The van der Waals surface area contributed by atoms with Crippen LogP contribution in [0.5, 0.6) is 0 Å². The van der Waals surface area contributed by atoms with Gasteiger partial charge in [-0.2, -0.15) is 0 Å². The molecule has 3 atom stereocenters. The molecule has 1 aromatic heterocycles. The van der Waals surface area contributed by atoms with E-state index in [2.05, 4.69) is 17.2 Å². The zero-order chi connectivity index (χ0) is 29.8. The molecule has 1 saturated carbocycles. The van der Waals surface area contributed by atoms with E-state index >= 15 is 0 Å². The summed E-state index contributed by atoms with van der Waals surface area (Å²) in [4.78, 5) is 41.4. The quantitative estimate of drug-likeness (QED) is 0.268. The summed E-state index contributed by atoms with van der Waals surface area (Å²) in [5, 5.41) is 6.14. The third-order valence-electron chi connectivity index (χ3n) is 7.99. The molecule has 0 bridgehead atoms. The molecule has 8 nitrogen and oxygen atoms in total. The number of carbonyl (C=O) groups excluding carboxylic acids is 3. The lowest BCUT2D eigenvalue weighted by Crippen LogP contribution is -2.50. The predicted molar refractivity (Wildman–Crippen MR) is 163 cm³/mol. The maximum Gasteiger partial charge on any atom is 0.253 e. The van der Waals surface area contributed by atoms with E-state index in [1.807, 2.05) is 25.7 Å². The Morgan fingerprint density at radius 2 is 1.73 bits per heavy atom. The van der Waals surface area contributed by atoms with Crippen molar-refractivity contribution in [1.29, 1.82) is 0 Å². The van der Waals surface area contributed by atoms with Crippen LogP contribution in [0.4, 0.5) is 0 Å². The second-order valence-electron chi connectivity index (χ2n) is 11.4. The number of rotatable bonds is 15. The fraction of sp³-hybridized carbons (Fsp3) is 0.545. The summed E-state index contributed by atoms with van der Waals surface area (Å²) in [6, 6.07) is 7.30. The number of hydrogen-bond acceptors (Lipinski definition) is 5. The van der Waals surface area contributed by atoms with Crippen LogP contribution in [0.2, 0.25) is 0 Å². The fourth-order valence-electron chi connectivity index (χ4n) is 5.60. The number of benzene rings is 1. The zero-order valence-corrected chi connectivity index (χ0v) is 25.0. The Morgan fingerprint density at radius 1 is 1.05 bits per heavy atom. The largest absolute Gasteiger partial charge is 0.472 e. The van der Waals surface area contributed by atoms with E-state index in [0.29, 0.717) is 48.7 Å². The van der Waals surface area contributed by atoms with Crippen molar-refractivity contribution in [1.82, 2.24) is 15.5 Å². The van der Waals surface area contributed by atoms with Gasteiger partial charge in [-0.1, -0.05) is 52.7 Å². The van der Waals surface area contributed by atoms with Gasteiger partial charge >= 0.3 is 0 Å². The highest BCUT2D eigenvalue weighted by Crippen LogP contribution is 2.24. The first kappa shape index (κ1) is 32.1. The highest BCUT2D eigenvalue weighted by atomic mass is 16.3. The van der Waals surface area contributed by atoms with Crippen LogP contribution in [-0.2, 0) is 4.79 Å². The molecule has 1 heterocycles. The van der Waals surface area contributed by atoms with E-state index in [1.165, 1.54) is 19.3 Å². The van der Waals surface area contributed by atoms with Gasteiger partial charge in [-0.25, -0.2) is 0 Å². The van der Waals surface area contributed by atoms with Gasteiger partial charge in [-0.3, -0.25) is 14.4 Å². The van der Waals surface area contributed by atoms with Gasteiger partial charge in [-0.15, -0.1) is 0 Å². The van der Waals surface area contributed by atoms with Gasteiger partial charge < -0.3 is 25.7 Å². The van der Waals surface area contributed by atoms with Crippen LogP contribution in [0.1, 0.15) is 98.4 Å². The molecule has 0 aliphatic heterocycles. The SMILES string of the molecule is C=C(c1ccoc1)[C@H](NC(=O)c1cccc(C(=O)N(CCC)CCC)c1)[C@@H](N)C[C@@H](C)C(=O)NCC1CCCCC1. The summed E-state index contributed by atoms with van der Waals surface area (Å²) in [5.41, 5.74) is 8.81. The first-order valence-electron chi connectivity index (χ1n) is 15.2. The van der Waals surface area contributed by atoms with Crippen LogP contribution in [-0.4, -0.2) is 54.3 Å². The summed E-state index contributed by atoms with van der Waals surface area (Å²) in [5.74, 6) is -0.279. The summed E-state index contributed by atoms with van der Waals surface area (Å²) >= 11 is 0. The molecule has 1 aliphatic rings. The number of amides is 3. The van der Waals surface area contributed by atoms with Crippen molar-refractivity contribution in [3.8, 4) is 0 Å². The van der Waals surface area contributed by atoms with E-state index < -0.39 is 12.1 Å². The molecule has 41 heavy (non-hydrogen) atoms. The first-order chi connectivity index (χ1) is 19.7. The molecule has 224 valence electrons. The monoisotopic (exact) mass is 564 g/mol. The standard InChI is InChI=1S/C33H48N4O4/c1-5-16-37(17-6-2)33(40)27-14-10-13-26(20-27)32(39)36-30(24(4)28-15-18-41-22-28)29(34)19-23(3)31(38)35-21-25-11-8-7-9-12-25/h10,13-15,18,20,22-23,25,29-30H,4-9,11-12,16-17,19,21,34H2,1-3H3,(H,35,38)(H,36,39)/t23-,29+,30+/m1/s1. The molecule has 0 unspecified atom stereocenters. The van der Waals surface area contributed by atoms with Gasteiger partial charge in [0.2, 0.25) is 5.91 Å². The third kappa shape index (κ3) is 9.32. The zero-order valence-electron chi connectivity index (χ0n) is 25.0. The summed E-state index contributed by atoms with van der Waals surface area (Å²) < 4.78 is 5.25. The van der Waals surface area contributed by atoms with Crippen LogP contribution in [0, 0.1) is 11.8 Å². The predicted octanol–water partition coefficient (Wildman–Crippen LogP) is 5.40. The Balaban J connectivity index is 1.71. The second kappa shape index (κ2) is 16.2. The third-order valence-corrected chi connectivity index (χ3v) is 7.99. The lowest BCUT2D eigenvalue weighted by atomic mass is 9.88. The number of nitrogens with one attached hydrogen (secondary N) is 2. The number of hydrogen-bond donors (Lipinski definition) is 3. The van der Waals surface area contributed by atoms with E-state index in [1.54, 1.807) is 42.9 Å². The minimum absolute atomic E-state index is 0.0278. The van der Waals surface area contributed by atoms with Gasteiger partial charge in [-0.05, 0) is 67.9 Å². The Bertz CT molecular complexity index is 1130. The molecule has 3 rings (SSSR count). The topological polar surface area (TPSA) is 118 Å². The minimum Gasteiger partial charge on any atom is -0.472 e. The highest BCUT2D eigenvalue weighted by Gasteiger charge is 2.29. The van der Waals surface area contributed by atoms with Crippen LogP contribution in [0.3, 0.4) is 0 Å². The summed E-state index contributed by atoms with van der Waals surface area (Å²) in [6.07, 6.45) is 11.2. The van der Waals surface area contributed by atoms with Crippen molar-refractivity contribution in [3.05, 3.63) is 66.1 Å². The van der Waals surface area contributed by atoms with Gasteiger partial charge in [0.25, 0.3) is 11.8 Å². The lowest BCUT2D eigenvalue weighted by molar-refractivity contribution is -0.125. The van der Waals surface area contributed by atoms with Crippen molar-refractivity contribution in [2.45, 2.75) is 84.2 Å². The van der Waals surface area contributed by atoms with Crippen molar-refractivity contribution >= 4 is 23.3 Å². The molecule has 3 amide bonds. The number of furan rings is 1. The van der Waals surface area contributed by atoms with Crippen LogP contribution in [0.15, 0.2) is 53.9 Å². The van der Waals surface area contributed by atoms with Crippen molar-refractivity contribution in [2.75, 3.05) is 19.6 Å².